The van der Waals surface area contributed by atoms with Gasteiger partial charge in [0.25, 0.3) is 0 Å². The monoisotopic (exact) mass is 285 g/mol. The van der Waals surface area contributed by atoms with E-state index in [9.17, 15) is 4.39 Å². The summed E-state index contributed by atoms with van der Waals surface area (Å²) in [6.07, 6.45) is 2.63. The fourth-order valence-electron chi connectivity index (χ4n) is 2.88. The van der Waals surface area contributed by atoms with Crippen LogP contribution in [0.1, 0.15) is 17.3 Å². The summed E-state index contributed by atoms with van der Waals surface area (Å²) in [5.74, 6) is -0.173. The molecule has 3 rings (SSSR count). The zero-order chi connectivity index (χ0) is 14.5. The van der Waals surface area contributed by atoms with E-state index in [1.54, 1.807) is 12.1 Å². The van der Waals surface area contributed by atoms with Gasteiger partial charge in [0.05, 0.1) is 0 Å². The van der Waals surface area contributed by atoms with E-state index >= 15 is 0 Å². The third-order valence-corrected chi connectivity index (χ3v) is 3.95. The highest BCUT2D eigenvalue weighted by molar-refractivity contribution is 5.22. The molecule has 0 radical (unpaired) electrons. The van der Waals surface area contributed by atoms with Gasteiger partial charge in [-0.3, -0.25) is 9.88 Å². The summed E-state index contributed by atoms with van der Waals surface area (Å²) >= 11 is 0. The number of rotatable bonds is 4. The Morgan fingerprint density at radius 2 is 2.00 bits per heavy atom. The standard InChI is InChI=1S/C17H20FN3/c18-15-5-3-4-14(12-15)17(21-10-8-19-9-11-21)13-16-6-1-2-7-20-16/h1-7,12,17,19H,8-11,13H2. The van der Waals surface area contributed by atoms with Crippen LogP contribution in [-0.4, -0.2) is 36.1 Å². The summed E-state index contributed by atoms with van der Waals surface area (Å²) in [6, 6.07) is 13.1. The third-order valence-electron chi connectivity index (χ3n) is 3.95. The number of nitrogens with zero attached hydrogens (tertiary/aromatic N) is 2. The van der Waals surface area contributed by atoms with Crippen LogP contribution in [0.3, 0.4) is 0 Å². The zero-order valence-corrected chi connectivity index (χ0v) is 12.0. The predicted molar refractivity (Wildman–Crippen MR) is 81.5 cm³/mol. The van der Waals surface area contributed by atoms with Gasteiger partial charge < -0.3 is 5.32 Å². The molecule has 2 aromatic rings. The van der Waals surface area contributed by atoms with Crippen LogP contribution >= 0.6 is 0 Å². The highest BCUT2D eigenvalue weighted by atomic mass is 19.1. The summed E-state index contributed by atoms with van der Waals surface area (Å²) in [5, 5.41) is 3.36. The molecule has 1 aromatic heterocycles. The minimum Gasteiger partial charge on any atom is -0.314 e. The van der Waals surface area contributed by atoms with Crippen LogP contribution in [0.4, 0.5) is 4.39 Å². The van der Waals surface area contributed by atoms with E-state index in [1.165, 1.54) is 6.07 Å². The van der Waals surface area contributed by atoms with Gasteiger partial charge >= 0.3 is 0 Å². The first-order valence-corrected chi connectivity index (χ1v) is 7.43. The van der Waals surface area contributed by atoms with Gasteiger partial charge in [0.2, 0.25) is 0 Å². The van der Waals surface area contributed by atoms with Crippen LogP contribution in [-0.2, 0) is 6.42 Å². The summed E-state index contributed by atoms with van der Waals surface area (Å²) in [4.78, 5) is 6.84. The maximum absolute atomic E-state index is 13.6. The number of nitrogens with one attached hydrogen (secondary N) is 1. The van der Waals surface area contributed by atoms with Crippen molar-refractivity contribution in [2.24, 2.45) is 0 Å². The Balaban J connectivity index is 1.86. The average molecular weight is 285 g/mol. The lowest BCUT2D eigenvalue weighted by Crippen LogP contribution is -2.45. The minimum atomic E-state index is -0.173. The van der Waals surface area contributed by atoms with Crippen molar-refractivity contribution in [2.45, 2.75) is 12.5 Å². The van der Waals surface area contributed by atoms with Crippen molar-refractivity contribution in [3.63, 3.8) is 0 Å². The van der Waals surface area contributed by atoms with E-state index in [2.05, 4.69) is 15.2 Å². The quantitative estimate of drug-likeness (QED) is 0.935. The molecule has 0 bridgehead atoms. The number of piperazine rings is 1. The summed E-state index contributed by atoms with van der Waals surface area (Å²) in [5.41, 5.74) is 2.08. The molecule has 1 aromatic carbocycles. The van der Waals surface area contributed by atoms with Gasteiger partial charge in [-0.15, -0.1) is 0 Å². The van der Waals surface area contributed by atoms with Crippen LogP contribution in [0.25, 0.3) is 0 Å². The molecule has 3 nitrogen and oxygen atoms in total. The Hall–Kier alpha value is -1.78. The minimum absolute atomic E-state index is 0.173. The third kappa shape index (κ3) is 3.65. The molecule has 1 aliphatic rings. The lowest BCUT2D eigenvalue weighted by Gasteiger charge is -2.35. The van der Waals surface area contributed by atoms with Crippen molar-refractivity contribution in [1.29, 1.82) is 0 Å². The van der Waals surface area contributed by atoms with Crippen molar-refractivity contribution in [3.05, 3.63) is 65.7 Å². The first-order chi connectivity index (χ1) is 10.3. The van der Waals surface area contributed by atoms with E-state index < -0.39 is 0 Å². The first-order valence-electron chi connectivity index (χ1n) is 7.43. The summed E-state index contributed by atoms with van der Waals surface area (Å²) < 4.78 is 13.6. The molecule has 0 spiro atoms. The molecule has 0 amide bonds. The Morgan fingerprint density at radius 3 is 2.71 bits per heavy atom. The first kappa shape index (κ1) is 14.2. The van der Waals surface area contributed by atoms with Gasteiger partial charge in [0, 0.05) is 50.5 Å². The van der Waals surface area contributed by atoms with Crippen LogP contribution in [0.2, 0.25) is 0 Å². The maximum Gasteiger partial charge on any atom is 0.123 e. The largest absolute Gasteiger partial charge is 0.314 e. The van der Waals surface area contributed by atoms with E-state index in [0.29, 0.717) is 0 Å². The fraction of sp³-hybridized carbons (Fsp3) is 0.353. The molecule has 1 fully saturated rings. The Labute approximate surface area is 124 Å². The van der Waals surface area contributed by atoms with Gasteiger partial charge in [-0.1, -0.05) is 18.2 Å². The molecule has 2 heterocycles. The van der Waals surface area contributed by atoms with Crippen molar-refractivity contribution in [2.75, 3.05) is 26.2 Å². The second-order valence-corrected chi connectivity index (χ2v) is 5.38. The summed E-state index contributed by atoms with van der Waals surface area (Å²) in [6.45, 7) is 3.92. The normalized spacial score (nSPS) is 17.6. The molecule has 0 saturated carbocycles. The van der Waals surface area contributed by atoms with Crippen LogP contribution in [0.15, 0.2) is 48.7 Å². The maximum atomic E-state index is 13.6. The van der Waals surface area contributed by atoms with Gasteiger partial charge in [0.15, 0.2) is 0 Å². The second kappa shape index (κ2) is 6.78. The Bertz CT molecular complexity index is 567. The molecular weight excluding hydrogens is 265 g/mol. The number of aromatic nitrogens is 1. The van der Waals surface area contributed by atoms with Gasteiger partial charge in [-0.05, 0) is 29.8 Å². The molecular formula is C17H20FN3. The molecule has 1 saturated heterocycles. The van der Waals surface area contributed by atoms with Crippen molar-refractivity contribution >= 4 is 0 Å². The molecule has 1 aliphatic heterocycles. The van der Waals surface area contributed by atoms with Gasteiger partial charge in [-0.2, -0.15) is 0 Å². The zero-order valence-electron chi connectivity index (χ0n) is 12.0. The van der Waals surface area contributed by atoms with E-state index in [-0.39, 0.29) is 11.9 Å². The summed E-state index contributed by atoms with van der Waals surface area (Å²) in [7, 11) is 0. The number of hydrogen-bond donors (Lipinski definition) is 1. The SMILES string of the molecule is Fc1cccc(C(Cc2ccccn2)N2CCNCC2)c1. The highest BCUT2D eigenvalue weighted by Crippen LogP contribution is 2.25. The average Bonchev–Trinajstić information content (AvgIpc) is 2.54. The molecule has 1 atom stereocenters. The van der Waals surface area contributed by atoms with Crippen molar-refractivity contribution in [1.82, 2.24) is 15.2 Å². The lowest BCUT2D eigenvalue weighted by atomic mass is 9.99. The van der Waals surface area contributed by atoms with Crippen LogP contribution in [0.5, 0.6) is 0 Å². The number of hydrogen-bond acceptors (Lipinski definition) is 3. The van der Waals surface area contributed by atoms with Gasteiger partial charge in [-0.25, -0.2) is 4.39 Å². The molecule has 0 aliphatic carbocycles. The lowest BCUT2D eigenvalue weighted by molar-refractivity contribution is 0.171. The molecule has 1 unspecified atom stereocenters. The molecule has 4 heteroatoms. The van der Waals surface area contributed by atoms with Gasteiger partial charge in [0.1, 0.15) is 5.82 Å². The van der Waals surface area contributed by atoms with Crippen LogP contribution in [0, 0.1) is 5.82 Å². The van der Waals surface area contributed by atoms with E-state index in [0.717, 1.165) is 43.9 Å². The second-order valence-electron chi connectivity index (χ2n) is 5.38. The number of pyridine rings is 1. The predicted octanol–water partition coefficient (Wildman–Crippen LogP) is 2.41. The fourth-order valence-corrected chi connectivity index (χ4v) is 2.88. The van der Waals surface area contributed by atoms with Crippen molar-refractivity contribution < 1.29 is 4.39 Å². The van der Waals surface area contributed by atoms with Crippen LogP contribution < -0.4 is 5.32 Å². The molecule has 1 N–H and O–H groups in total. The topological polar surface area (TPSA) is 28.2 Å². The van der Waals surface area contributed by atoms with E-state index in [4.69, 9.17) is 0 Å². The van der Waals surface area contributed by atoms with E-state index in [1.807, 2.05) is 30.5 Å². The van der Waals surface area contributed by atoms with Crippen molar-refractivity contribution in [3.8, 4) is 0 Å². The number of halogens is 1. The Kier molecular flexibility index (Phi) is 4.58. The number of benzene rings is 1. The molecule has 110 valence electrons. The smallest absolute Gasteiger partial charge is 0.123 e. The molecule has 21 heavy (non-hydrogen) atoms. The highest BCUT2D eigenvalue weighted by Gasteiger charge is 2.23. The Morgan fingerprint density at radius 1 is 1.14 bits per heavy atom.